The molecule has 2 aliphatic rings. The van der Waals surface area contributed by atoms with E-state index in [1.165, 1.54) is 6.20 Å². The number of pyridine rings is 1. The number of nitrogens with zero attached hydrogens (tertiary/aromatic N) is 2. The van der Waals surface area contributed by atoms with Crippen molar-refractivity contribution < 1.29 is 24.2 Å². The number of amides is 1. The number of fused-ring (bicyclic) bond motifs is 1. The maximum atomic E-state index is 12.4. The summed E-state index contributed by atoms with van der Waals surface area (Å²) in [6.07, 6.45) is 2.38. The van der Waals surface area contributed by atoms with Gasteiger partial charge in [0.15, 0.2) is 0 Å². The Balaban J connectivity index is 1.32. The minimum absolute atomic E-state index is 0.253. The third kappa shape index (κ3) is 5.31. The number of carbonyl (C=O) groups excluding carboxylic acids is 1. The Morgan fingerprint density at radius 2 is 2.03 bits per heavy atom. The molecular formula is C22H26N4O5. The quantitative estimate of drug-likeness (QED) is 0.549. The van der Waals surface area contributed by atoms with Crippen LogP contribution in [-0.4, -0.2) is 72.8 Å². The van der Waals surface area contributed by atoms with Crippen molar-refractivity contribution in [3.8, 4) is 11.5 Å². The van der Waals surface area contributed by atoms with Gasteiger partial charge in [0, 0.05) is 44.1 Å². The highest BCUT2D eigenvalue weighted by molar-refractivity contribution is 5.92. The van der Waals surface area contributed by atoms with Crippen LogP contribution in [0.3, 0.4) is 0 Å². The molecule has 0 spiro atoms. The lowest BCUT2D eigenvalue weighted by Gasteiger charge is -2.26. The Labute approximate surface area is 180 Å². The van der Waals surface area contributed by atoms with E-state index in [1.54, 1.807) is 30.3 Å². The zero-order valence-electron chi connectivity index (χ0n) is 17.2. The molecule has 1 aromatic carbocycles. The molecule has 1 fully saturated rings. The van der Waals surface area contributed by atoms with Crippen molar-refractivity contribution in [2.75, 3.05) is 51.3 Å². The topological polar surface area (TPSA) is 113 Å². The second kappa shape index (κ2) is 9.76. The lowest BCUT2D eigenvalue weighted by molar-refractivity contribution is -0.138. The fraction of sp³-hybridized carbons (Fsp3) is 0.409. The predicted molar refractivity (Wildman–Crippen MR) is 114 cm³/mol. The number of ether oxygens (including phenoxy) is 2. The Morgan fingerprint density at radius 1 is 1.23 bits per heavy atom. The summed E-state index contributed by atoms with van der Waals surface area (Å²) >= 11 is 0. The zero-order chi connectivity index (χ0) is 21.6. The molecule has 1 saturated heterocycles. The highest BCUT2D eigenvalue weighted by Crippen LogP contribution is 2.35. The lowest BCUT2D eigenvalue weighted by Crippen LogP contribution is -2.38. The maximum Gasteiger partial charge on any atom is 0.312 e. The van der Waals surface area contributed by atoms with Crippen LogP contribution in [0.2, 0.25) is 0 Å². The molecular weight excluding hydrogens is 400 g/mol. The van der Waals surface area contributed by atoms with Gasteiger partial charge in [-0.05, 0) is 42.8 Å². The van der Waals surface area contributed by atoms with E-state index in [4.69, 9.17) is 9.47 Å². The second-order valence-corrected chi connectivity index (χ2v) is 7.56. The molecule has 0 bridgehead atoms. The largest absolute Gasteiger partial charge is 0.481 e. The van der Waals surface area contributed by atoms with Crippen LogP contribution in [-0.2, 0) is 9.53 Å². The van der Waals surface area contributed by atoms with E-state index in [2.05, 4.69) is 20.5 Å². The van der Waals surface area contributed by atoms with E-state index in [0.717, 1.165) is 45.0 Å². The van der Waals surface area contributed by atoms with Crippen molar-refractivity contribution in [2.45, 2.75) is 12.3 Å². The number of carboxylic acid groups (broad SMARTS) is 1. The average Bonchev–Trinajstić information content (AvgIpc) is 3.21. The Kier molecular flexibility index (Phi) is 6.63. The molecule has 2 aromatic rings. The summed E-state index contributed by atoms with van der Waals surface area (Å²) in [4.78, 5) is 30.3. The predicted octanol–water partition coefficient (Wildman–Crippen LogP) is 1.92. The first-order valence-electron chi connectivity index (χ1n) is 10.4. The number of morpholine rings is 1. The number of carboxylic acids is 1. The van der Waals surface area contributed by atoms with Gasteiger partial charge in [-0.1, -0.05) is 0 Å². The first kappa shape index (κ1) is 21.1. The van der Waals surface area contributed by atoms with Gasteiger partial charge in [0.1, 0.15) is 23.1 Å². The summed E-state index contributed by atoms with van der Waals surface area (Å²) < 4.78 is 11.2. The van der Waals surface area contributed by atoms with E-state index < -0.39 is 11.9 Å². The van der Waals surface area contributed by atoms with Gasteiger partial charge >= 0.3 is 5.97 Å². The molecule has 3 N–H and O–H groups in total. The van der Waals surface area contributed by atoms with Gasteiger partial charge in [0.05, 0.1) is 13.2 Å². The normalized spacial score (nSPS) is 18.1. The SMILES string of the molecule is O=C(NCCCN1CCOCC1)c1cc(Oc2ccc3c(c2)C(C(=O)O)CN3)ccn1. The minimum atomic E-state index is -0.875. The van der Waals surface area contributed by atoms with Gasteiger partial charge < -0.3 is 25.2 Å². The molecule has 0 radical (unpaired) electrons. The van der Waals surface area contributed by atoms with Gasteiger partial charge in [-0.3, -0.25) is 19.5 Å². The maximum absolute atomic E-state index is 12.4. The number of aromatic nitrogens is 1. The highest BCUT2D eigenvalue weighted by Gasteiger charge is 2.28. The first-order valence-corrected chi connectivity index (χ1v) is 10.4. The number of rotatable bonds is 8. The van der Waals surface area contributed by atoms with Gasteiger partial charge in [-0.2, -0.15) is 0 Å². The summed E-state index contributed by atoms with van der Waals surface area (Å²) in [5.74, 6) is -0.755. The van der Waals surface area contributed by atoms with Gasteiger partial charge in [0.25, 0.3) is 5.91 Å². The van der Waals surface area contributed by atoms with Crippen LogP contribution in [0.25, 0.3) is 0 Å². The molecule has 31 heavy (non-hydrogen) atoms. The van der Waals surface area contributed by atoms with Crippen LogP contribution < -0.4 is 15.4 Å². The molecule has 164 valence electrons. The van der Waals surface area contributed by atoms with Crippen molar-refractivity contribution in [3.63, 3.8) is 0 Å². The standard InChI is InChI=1S/C22H26N4O5/c27-21(24-5-1-7-26-8-10-30-11-9-26)20-13-16(4-6-23-20)31-15-2-3-19-17(12-15)18(14-25-19)22(28)29/h2-4,6,12-13,18,25H,1,5,7-11,14H2,(H,24,27)(H,28,29). The molecule has 4 rings (SSSR count). The number of aliphatic carboxylic acids is 1. The molecule has 9 nitrogen and oxygen atoms in total. The summed E-state index contributed by atoms with van der Waals surface area (Å²) in [6, 6.07) is 8.53. The highest BCUT2D eigenvalue weighted by atomic mass is 16.5. The third-order valence-corrected chi connectivity index (χ3v) is 5.43. The van der Waals surface area contributed by atoms with E-state index in [1.807, 2.05) is 0 Å². The van der Waals surface area contributed by atoms with Gasteiger partial charge in [-0.25, -0.2) is 0 Å². The fourth-order valence-corrected chi connectivity index (χ4v) is 3.75. The Morgan fingerprint density at radius 3 is 2.84 bits per heavy atom. The van der Waals surface area contributed by atoms with Crippen molar-refractivity contribution in [2.24, 2.45) is 0 Å². The molecule has 9 heteroatoms. The summed E-state index contributed by atoms with van der Waals surface area (Å²) in [7, 11) is 0. The lowest BCUT2D eigenvalue weighted by atomic mass is 10.0. The summed E-state index contributed by atoms with van der Waals surface area (Å²) in [5.41, 5.74) is 1.76. The van der Waals surface area contributed by atoms with Crippen LogP contribution in [0, 0.1) is 0 Å². The monoisotopic (exact) mass is 426 g/mol. The average molecular weight is 426 g/mol. The van der Waals surface area contributed by atoms with E-state index in [9.17, 15) is 14.7 Å². The number of anilines is 1. The molecule has 1 amide bonds. The van der Waals surface area contributed by atoms with Crippen LogP contribution in [0.1, 0.15) is 28.4 Å². The Hall–Kier alpha value is -3.17. The second-order valence-electron chi connectivity index (χ2n) is 7.56. The van der Waals surface area contributed by atoms with Crippen molar-refractivity contribution in [1.82, 2.24) is 15.2 Å². The van der Waals surface area contributed by atoms with Crippen molar-refractivity contribution in [3.05, 3.63) is 47.8 Å². The number of hydrogen-bond acceptors (Lipinski definition) is 7. The third-order valence-electron chi connectivity index (χ3n) is 5.43. The summed E-state index contributed by atoms with van der Waals surface area (Å²) in [5, 5.41) is 15.3. The number of carbonyl (C=O) groups is 2. The Bertz CT molecular complexity index is 945. The molecule has 1 unspecified atom stereocenters. The minimum Gasteiger partial charge on any atom is -0.481 e. The molecule has 2 aliphatic heterocycles. The zero-order valence-corrected chi connectivity index (χ0v) is 17.2. The van der Waals surface area contributed by atoms with E-state index >= 15 is 0 Å². The van der Waals surface area contributed by atoms with Crippen LogP contribution >= 0.6 is 0 Å². The number of benzene rings is 1. The van der Waals surface area contributed by atoms with E-state index in [-0.39, 0.29) is 11.6 Å². The van der Waals surface area contributed by atoms with Crippen LogP contribution in [0.15, 0.2) is 36.5 Å². The fourth-order valence-electron chi connectivity index (χ4n) is 3.75. The molecule has 1 atom stereocenters. The first-order chi connectivity index (χ1) is 15.1. The van der Waals surface area contributed by atoms with Crippen molar-refractivity contribution >= 4 is 17.6 Å². The smallest absolute Gasteiger partial charge is 0.312 e. The van der Waals surface area contributed by atoms with Crippen LogP contribution in [0.4, 0.5) is 5.69 Å². The van der Waals surface area contributed by atoms with Gasteiger partial charge in [0.2, 0.25) is 0 Å². The molecule has 0 aliphatic carbocycles. The molecule has 0 saturated carbocycles. The van der Waals surface area contributed by atoms with Gasteiger partial charge in [-0.15, -0.1) is 0 Å². The number of hydrogen-bond donors (Lipinski definition) is 3. The molecule has 1 aromatic heterocycles. The van der Waals surface area contributed by atoms with E-state index in [0.29, 0.717) is 30.2 Å². The molecule has 3 heterocycles. The number of nitrogens with one attached hydrogen (secondary N) is 2. The van der Waals surface area contributed by atoms with Crippen molar-refractivity contribution in [1.29, 1.82) is 0 Å². The summed E-state index contributed by atoms with van der Waals surface area (Å²) in [6.45, 7) is 5.24. The van der Waals surface area contributed by atoms with Crippen LogP contribution in [0.5, 0.6) is 11.5 Å².